The molecule has 1 aromatic heterocycles. The van der Waals surface area contributed by atoms with Crippen LogP contribution in [0.2, 0.25) is 0 Å². The van der Waals surface area contributed by atoms with Crippen molar-refractivity contribution in [3.63, 3.8) is 0 Å². The fourth-order valence-electron chi connectivity index (χ4n) is 2.51. The summed E-state index contributed by atoms with van der Waals surface area (Å²) >= 11 is 0. The topological polar surface area (TPSA) is 29.9 Å². The quantitative estimate of drug-likeness (QED) is 0.841. The van der Waals surface area contributed by atoms with Crippen LogP contribution in [0.5, 0.6) is 0 Å². The zero-order chi connectivity index (χ0) is 15.2. The Hall–Kier alpha value is -1.61. The normalized spacial score (nSPS) is 11.3. The third kappa shape index (κ3) is 4.43. The third-order valence-corrected chi connectivity index (χ3v) is 3.74. The summed E-state index contributed by atoms with van der Waals surface area (Å²) in [5.74, 6) is 1.16. The van der Waals surface area contributed by atoms with Crippen LogP contribution in [0, 0.1) is 6.92 Å². The fourth-order valence-corrected chi connectivity index (χ4v) is 2.51. The Morgan fingerprint density at radius 3 is 2.76 bits per heavy atom. The highest BCUT2D eigenvalue weighted by atomic mass is 15.1. The molecule has 2 aromatic rings. The van der Waals surface area contributed by atoms with Crippen molar-refractivity contribution in [2.45, 2.75) is 59.7 Å². The number of hydrogen-bond donors (Lipinski definition) is 1. The molecular formula is C18H27N3. The van der Waals surface area contributed by atoms with E-state index in [4.69, 9.17) is 0 Å². The number of imidazole rings is 1. The highest BCUT2D eigenvalue weighted by Crippen LogP contribution is 2.15. The number of nitrogens with one attached hydrogen (secondary N) is 1. The van der Waals surface area contributed by atoms with Gasteiger partial charge < -0.3 is 9.88 Å². The summed E-state index contributed by atoms with van der Waals surface area (Å²) < 4.78 is 2.26. The van der Waals surface area contributed by atoms with Crippen molar-refractivity contribution in [3.05, 3.63) is 53.1 Å². The monoisotopic (exact) mass is 285 g/mol. The molecule has 0 aliphatic carbocycles. The number of aryl methyl sites for hydroxylation is 2. The first kappa shape index (κ1) is 15.8. The van der Waals surface area contributed by atoms with Crippen LogP contribution in [-0.4, -0.2) is 15.6 Å². The average molecular weight is 285 g/mol. The van der Waals surface area contributed by atoms with E-state index in [-0.39, 0.29) is 0 Å². The molecule has 2 rings (SSSR count). The van der Waals surface area contributed by atoms with Crippen molar-refractivity contribution in [2.75, 3.05) is 0 Å². The molecule has 1 aromatic carbocycles. The molecule has 0 aliphatic heterocycles. The van der Waals surface area contributed by atoms with Crippen LogP contribution in [0.4, 0.5) is 0 Å². The summed E-state index contributed by atoms with van der Waals surface area (Å²) in [6.45, 7) is 10.7. The Morgan fingerprint density at radius 2 is 2.10 bits per heavy atom. The molecule has 0 amide bonds. The SMILES string of the molecule is CCCn1ccnc1Cc1ccc(CNC(C)C)cc1C. The Bertz CT molecular complexity index is 570. The summed E-state index contributed by atoms with van der Waals surface area (Å²) in [5, 5.41) is 3.46. The Balaban J connectivity index is 2.08. The maximum atomic E-state index is 4.50. The molecular weight excluding hydrogens is 258 g/mol. The maximum Gasteiger partial charge on any atom is 0.113 e. The summed E-state index contributed by atoms with van der Waals surface area (Å²) in [5.41, 5.74) is 4.07. The third-order valence-electron chi connectivity index (χ3n) is 3.74. The molecule has 0 bridgehead atoms. The van der Waals surface area contributed by atoms with Crippen molar-refractivity contribution >= 4 is 0 Å². The molecule has 0 fully saturated rings. The minimum Gasteiger partial charge on any atom is -0.335 e. The van der Waals surface area contributed by atoms with Crippen molar-refractivity contribution < 1.29 is 0 Å². The highest BCUT2D eigenvalue weighted by Gasteiger charge is 2.07. The number of aromatic nitrogens is 2. The zero-order valence-electron chi connectivity index (χ0n) is 13.7. The Morgan fingerprint density at radius 1 is 1.29 bits per heavy atom. The van der Waals surface area contributed by atoms with Crippen molar-refractivity contribution in [1.29, 1.82) is 0 Å². The Kier molecular flexibility index (Phi) is 5.57. The van der Waals surface area contributed by atoms with Gasteiger partial charge in [0.25, 0.3) is 0 Å². The fraction of sp³-hybridized carbons (Fsp3) is 0.500. The van der Waals surface area contributed by atoms with Crippen molar-refractivity contribution in [3.8, 4) is 0 Å². The standard InChI is InChI=1S/C18H27N3/c1-5-9-21-10-8-19-18(21)12-17-7-6-16(11-15(17)4)13-20-14(2)3/h6-8,10-11,14,20H,5,9,12-13H2,1-4H3. The Labute approximate surface area is 128 Å². The molecule has 1 heterocycles. The molecule has 0 atom stereocenters. The molecule has 0 saturated carbocycles. The van der Waals surface area contributed by atoms with E-state index in [1.165, 1.54) is 16.7 Å². The summed E-state index contributed by atoms with van der Waals surface area (Å²) in [6, 6.07) is 7.28. The molecule has 0 aliphatic rings. The molecule has 3 nitrogen and oxygen atoms in total. The van der Waals surface area contributed by atoms with Gasteiger partial charge in [0.15, 0.2) is 0 Å². The van der Waals surface area contributed by atoms with Gasteiger partial charge in [-0.1, -0.05) is 39.0 Å². The summed E-state index contributed by atoms with van der Waals surface area (Å²) in [4.78, 5) is 4.50. The predicted octanol–water partition coefficient (Wildman–Crippen LogP) is 3.69. The lowest BCUT2D eigenvalue weighted by Gasteiger charge is -2.12. The lowest BCUT2D eigenvalue weighted by molar-refractivity contribution is 0.588. The highest BCUT2D eigenvalue weighted by molar-refractivity contribution is 5.33. The van der Waals surface area contributed by atoms with Crippen molar-refractivity contribution in [2.24, 2.45) is 0 Å². The zero-order valence-corrected chi connectivity index (χ0v) is 13.7. The maximum absolute atomic E-state index is 4.50. The van der Waals surface area contributed by atoms with Gasteiger partial charge in [-0.05, 0) is 30.0 Å². The van der Waals surface area contributed by atoms with Crippen LogP contribution >= 0.6 is 0 Å². The van der Waals surface area contributed by atoms with Crippen LogP contribution in [0.3, 0.4) is 0 Å². The summed E-state index contributed by atoms with van der Waals surface area (Å²) in [6.07, 6.45) is 6.04. The van der Waals surface area contributed by atoms with Gasteiger partial charge >= 0.3 is 0 Å². The van der Waals surface area contributed by atoms with Gasteiger partial charge in [-0.2, -0.15) is 0 Å². The number of nitrogens with zero attached hydrogens (tertiary/aromatic N) is 2. The number of benzene rings is 1. The van der Waals surface area contributed by atoms with E-state index in [1.807, 2.05) is 6.20 Å². The predicted molar refractivity (Wildman–Crippen MR) is 88.5 cm³/mol. The number of rotatable bonds is 7. The molecule has 0 saturated heterocycles. The molecule has 0 unspecified atom stereocenters. The van der Waals surface area contributed by atoms with E-state index in [0.29, 0.717) is 6.04 Å². The number of hydrogen-bond acceptors (Lipinski definition) is 2. The van der Waals surface area contributed by atoms with Crippen LogP contribution in [0.25, 0.3) is 0 Å². The van der Waals surface area contributed by atoms with Crippen LogP contribution in [0.1, 0.15) is 49.7 Å². The van der Waals surface area contributed by atoms with Crippen LogP contribution in [0.15, 0.2) is 30.6 Å². The lowest BCUT2D eigenvalue weighted by Crippen LogP contribution is -2.21. The first-order valence-electron chi connectivity index (χ1n) is 7.92. The second-order valence-corrected chi connectivity index (χ2v) is 6.01. The molecule has 0 radical (unpaired) electrons. The van der Waals surface area contributed by atoms with E-state index in [9.17, 15) is 0 Å². The average Bonchev–Trinajstić information content (AvgIpc) is 2.87. The lowest BCUT2D eigenvalue weighted by atomic mass is 10.0. The van der Waals surface area contributed by atoms with E-state index in [1.54, 1.807) is 0 Å². The van der Waals surface area contributed by atoms with E-state index in [2.05, 4.69) is 67.0 Å². The van der Waals surface area contributed by atoms with Gasteiger partial charge in [-0.15, -0.1) is 0 Å². The van der Waals surface area contributed by atoms with Gasteiger partial charge in [-0.3, -0.25) is 0 Å². The van der Waals surface area contributed by atoms with E-state index in [0.717, 1.165) is 31.8 Å². The van der Waals surface area contributed by atoms with E-state index < -0.39 is 0 Å². The minimum absolute atomic E-state index is 0.520. The second-order valence-electron chi connectivity index (χ2n) is 6.01. The van der Waals surface area contributed by atoms with Gasteiger partial charge in [0.2, 0.25) is 0 Å². The van der Waals surface area contributed by atoms with Gasteiger partial charge in [0.1, 0.15) is 5.82 Å². The smallest absolute Gasteiger partial charge is 0.113 e. The van der Waals surface area contributed by atoms with E-state index >= 15 is 0 Å². The van der Waals surface area contributed by atoms with Crippen molar-refractivity contribution in [1.82, 2.24) is 14.9 Å². The second kappa shape index (κ2) is 7.41. The van der Waals surface area contributed by atoms with Gasteiger partial charge in [0.05, 0.1) is 0 Å². The van der Waals surface area contributed by atoms with Gasteiger partial charge in [0, 0.05) is 37.9 Å². The molecule has 114 valence electrons. The van der Waals surface area contributed by atoms with Gasteiger partial charge in [-0.25, -0.2) is 4.98 Å². The van der Waals surface area contributed by atoms with Crippen LogP contribution in [-0.2, 0) is 19.5 Å². The largest absolute Gasteiger partial charge is 0.335 e. The molecule has 0 spiro atoms. The minimum atomic E-state index is 0.520. The summed E-state index contributed by atoms with van der Waals surface area (Å²) in [7, 11) is 0. The molecule has 3 heteroatoms. The first-order chi connectivity index (χ1) is 10.1. The first-order valence-corrected chi connectivity index (χ1v) is 7.92. The van der Waals surface area contributed by atoms with Crippen LogP contribution < -0.4 is 5.32 Å². The molecule has 21 heavy (non-hydrogen) atoms. The molecule has 1 N–H and O–H groups in total.